The molecule has 3 nitrogen and oxygen atoms in total. The van der Waals surface area contributed by atoms with Gasteiger partial charge >= 0.3 is 0 Å². The Morgan fingerprint density at radius 1 is 1.29 bits per heavy atom. The molecule has 1 N–H and O–H groups in total. The van der Waals surface area contributed by atoms with Crippen molar-refractivity contribution in [1.29, 1.82) is 5.26 Å². The molecule has 0 bridgehead atoms. The normalized spacial score (nSPS) is 9.95. The number of nitrogens with one attached hydrogen (secondary N) is 1. The average Bonchev–Trinajstić information content (AvgIpc) is 2.47. The van der Waals surface area contributed by atoms with E-state index in [0.29, 0.717) is 5.56 Å². The van der Waals surface area contributed by atoms with Gasteiger partial charge in [0.25, 0.3) is 0 Å². The summed E-state index contributed by atoms with van der Waals surface area (Å²) in [6.45, 7) is 1.92. The number of ketones is 1. The van der Waals surface area contributed by atoms with Crippen molar-refractivity contribution in [3.05, 3.63) is 65.0 Å². The summed E-state index contributed by atoms with van der Waals surface area (Å²) >= 11 is 0. The van der Waals surface area contributed by atoms with Crippen LogP contribution in [0.3, 0.4) is 0 Å². The number of Topliss-reactive ketones (excluding diaryl/α,β-unsaturated/α-hetero) is 1. The Bertz CT molecular complexity index is 704. The van der Waals surface area contributed by atoms with E-state index in [-0.39, 0.29) is 24.6 Å². The van der Waals surface area contributed by atoms with E-state index in [0.717, 1.165) is 16.8 Å². The largest absolute Gasteiger partial charge is 0.378 e. The van der Waals surface area contributed by atoms with Crippen molar-refractivity contribution in [1.82, 2.24) is 0 Å². The minimum atomic E-state index is -0.299. The first kappa shape index (κ1) is 14.7. The number of hydrogen-bond acceptors (Lipinski definition) is 3. The SMILES string of the molecule is Cc1cc(F)ccc1NCC(=O)Cc1ccccc1C#N. The molecule has 4 heteroatoms. The van der Waals surface area contributed by atoms with Crippen molar-refractivity contribution in [2.75, 3.05) is 11.9 Å². The van der Waals surface area contributed by atoms with Crippen LogP contribution in [0.2, 0.25) is 0 Å². The summed E-state index contributed by atoms with van der Waals surface area (Å²) in [5.74, 6) is -0.325. The minimum absolute atomic E-state index is 0.0265. The van der Waals surface area contributed by atoms with Gasteiger partial charge in [-0.3, -0.25) is 4.79 Å². The van der Waals surface area contributed by atoms with E-state index < -0.39 is 0 Å². The number of nitriles is 1. The summed E-state index contributed by atoms with van der Waals surface area (Å²) in [7, 11) is 0. The van der Waals surface area contributed by atoms with Crippen LogP contribution in [0.25, 0.3) is 0 Å². The van der Waals surface area contributed by atoms with Gasteiger partial charge in [0.2, 0.25) is 0 Å². The van der Waals surface area contributed by atoms with Gasteiger partial charge in [-0.15, -0.1) is 0 Å². The molecule has 2 rings (SSSR count). The van der Waals surface area contributed by atoms with Crippen molar-refractivity contribution < 1.29 is 9.18 Å². The van der Waals surface area contributed by atoms with Crippen molar-refractivity contribution >= 4 is 11.5 Å². The second-order valence-corrected chi connectivity index (χ2v) is 4.80. The van der Waals surface area contributed by atoms with E-state index in [1.165, 1.54) is 12.1 Å². The molecule has 21 heavy (non-hydrogen) atoms. The van der Waals surface area contributed by atoms with Gasteiger partial charge in [-0.1, -0.05) is 18.2 Å². The maximum Gasteiger partial charge on any atom is 0.156 e. The highest BCUT2D eigenvalue weighted by atomic mass is 19.1. The predicted octanol–water partition coefficient (Wildman–Crippen LogP) is 3.23. The van der Waals surface area contributed by atoms with Crippen LogP contribution in [-0.4, -0.2) is 12.3 Å². The first-order valence-corrected chi connectivity index (χ1v) is 6.60. The average molecular weight is 282 g/mol. The highest BCUT2D eigenvalue weighted by molar-refractivity contribution is 5.85. The molecule has 0 aliphatic rings. The Kier molecular flexibility index (Phi) is 4.68. The zero-order chi connectivity index (χ0) is 15.2. The molecule has 0 aliphatic heterocycles. The maximum atomic E-state index is 13.0. The number of halogens is 1. The zero-order valence-corrected chi connectivity index (χ0v) is 11.7. The number of benzene rings is 2. The van der Waals surface area contributed by atoms with Crippen molar-refractivity contribution in [3.63, 3.8) is 0 Å². The van der Waals surface area contributed by atoms with Gasteiger partial charge in [0.1, 0.15) is 5.82 Å². The van der Waals surface area contributed by atoms with Crippen LogP contribution in [0.4, 0.5) is 10.1 Å². The first-order chi connectivity index (χ1) is 10.1. The standard InChI is InChI=1S/C17H15FN2O/c1-12-8-15(18)6-7-17(12)20-11-16(21)9-13-4-2-3-5-14(13)10-19/h2-8,20H,9,11H2,1H3. The lowest BCUT2D eigenvalue weighted by molar-refractivity contribution is -0.116. The lowest BCUT2D eigenvalue weighted by atomic mass is 10.0. The topological polar surface area (TPSA) is 52.9 Å². The third-order valence-electron chi connectivity index (χ3n) is 3.19. The van der Waals surface area contributed by atoms with Gasteiger partial charge in [0, 0.05) is 12.1 Å². The molecule has 2 aromatic rings. The highest BCUT2D eigenvalue weighted by Crippen LogP contribution is 2.15. The second-order valence-electron chi connectivity index (χ2n) is 4.80. The Labute approximate surface area is 123 Å². The Balaban J connectivity index is 1.98. The second kappa shape index (κ2) is 6.67. The molecule has 0 radical (unpaired) electrons. The summed E-state index contributed by atoms with van der Waals surface area (Å²) in [5, 5.41) is 12.0. The van der Waals surface area contributed by atoms with Crippen molar-refractivity contribution in [3.8, 4) is 6.07 Å². The van der Waals surface area contributed by atoms with Gasteiger partial charge in [-0.05, 0) is 42.3 Å². The van der Waals surface area contributed by atoms with Gasteiger partial charge in [-0.25, -0.2) is 4.39 Å². The van der Waals surface area contributed by atoms with Crippen LogP contribution in [0, 0.1) is 24.1 Å². The number of nitrogens with zero attached hydrogens (tertiary/aromatic N) is 1. The summed E-state index contributed by atoms with van der Waals surface area (Å²) in [6, 6.07) is 13.5. The number of carbonyl (C=O) groups is 1. The molecule has 0 unspecified atom stereocenters. The summed E-state index contributed by atoms with van der Waals surface area (Å²) in [5.41, 5.74) is 2.73. The monoisotopic (exact) mass is 282 g/mol. The third kappa shape index (κ3) is 3.90. The molecule has 0 fully saturated rings. The fourth-order valence-corrected chi connectivity index (χ4v) is 2.08. The molecule has 0 aliphatic carbocycles. The molecule has 0 saturated heterocycles. The zero-order valence-electron chi connectivity index (χ0n) is 11.7. The summed E-state index contributed by atoms with van der Waals surface area (Å²) in [4.78, 5) is 12.0. The number of anilines is 1. The smallest absolute Gasteiger partial charge is 0.156 e. The van der Waals surface area contributed by atoms with Gasteiger partial charge in [0.15, 0.2) is 5.78 Å². The third-order valence-corrected chi connectivity index (χ3v) is 3.19. The van der Waals surface area contributed by atoms with E-state index in [1.54, 1.807) is 37.3 Å². The highest BCUT2D eigenvalue weighted by Gasteiger charge is 2.08. The van der Waals surface area contributed by atoms with Crippen molar-refractivity contribution in [2.24, 2.45) is 0 Å². The van der Waals surface area contributed by atoms with E-state index in [2.05, 4.69) is 11.4 Å². The van der Waals surface area contributed by atoms with E-state index >= 15 is 0 Å². The Hall–Kier alpha value is -2.67. The van der Waals surface area contributed by atoms with Gasteiger partial charge < -0.3 is 5.32 Å². The number of rotatable bonds is 5. The molecule has 2 aromatic carbocycles. The quantitative estimate of drug-likeness (QED) is 0.916. The number of carbonyl (C=O) groups excluding carboxylic acids is 1. The van der Waals surface area contributed by atoms with Crippen LogP contribution in [0.5, 0.6) is 0 Å². The first-order valence-electron chi connectivity index (χ1n) is 6.60. The number of aryl methyl sites for hydroxylation is 1. The summed E-state index contributed by atoms with van der Waals surface area (Å²) in [6.07, 6.45) is 0.205. The molecule has 0 saturated carbocycles. The fourth-order valence-electron chi connectivity index (χ4n) is 2.08. The Morgan fingerprint density at radius 2 is 2.05 bits per heavy atom. The van der Waals surface area contributed by atoms with E-state index in [9.17, 15) is 9.18 Å². The summed E-state index contributed by atoms with van der Waals surface area (Å²) < 4.78 is 13.0. The molecule has 0 spiro atoms. The van der Waals surface area contributed by atoms with Crippen LogP contribution in [-0.2, 0) is 11.2 Å². The van der Waals surface area contributed by atoms with Crippen LogP contribution in [0.1, 0.15) is 16.7 Å². The van der Waals surface area contributed by atoms with E-state index in [1.807, 2.05) is 0 Å². The van der Waals surface area contributed by atoms with Crippen molar-refractivity contribution in [2.45, 2.75) is 13.3 Å². The van der Waals surface area contributed by atoms with Crippen LogP contribution < -0.4 is 5.32 Å². The molecular weight excluding hydrogens is 267 g/mol. The minimum Gasteiger partial charge on any atom is -0.378 e. The van der Waals surface area contributed by atoms with Gasteiger partial charge in [0.05, 0.1) is 18.2 Å². The molecule has 0 heterocycles. The van der Waals surface area contributed by atoms with Crippen LogP contribution >= 0.6 is 0 Å². The van der Waals surface area contributed by atoms with E-state index in [4.69, 9.17) is 5.26 Å². The lowest BCUT2D eigenvalue weighted by Crippen LogP contribution is -2.17. The predicted molar refractivity (Wildman–Crippen MR) is 79.5 cm³/mol. The Morgan fingerprint density at radius 3 is 2.76 bits per heavy atom. The molecule has 0 atom stereocenters. The molecule has 0 amide bonds. The maximum absolute atomic E-state index is 13.0. The molecule has 0 aromatic heterocycles. The molecule has 106 valence electrons. The lowest BCUT2D eigenvalue weighted by Gasteiger charge is -2.09. The molecular formula is C17H15FN2O. The fraction of sp³-hybridized carbons (Fsp3) is 0.176. The number of hydrogen-bond donors (Lipinski definition) is 1. The van der Waals surface area contributed by atoms with Crippen LogP contribution in [0.15, 0.2) is 42.5 Å². The van der Waals surface area contributed by atoms with Gasteiger partial charge in [-0.2, -0.15) is 5.26 Å².